The van der Waals surface area contributed by atoms with Gasteiger partial charge in [-0.1, -0.05) is 22.9 Å². The van der Waals surface area contributed by atoms with Crippen LogP contribution in [0, 0.1) is 5.82 Å². The standard InChI is InChI=1S/C9H6ClFN2OS/c10-6-3-5(1-2-7(6)11)14-9-13-4-8(12)15-9/h1-4H,12H2. The molecule has 1 heterocycles. The number of halogens is 2. The fraction of sp³-hybridized carbons (Fsp3) is 0. The van der Waals surface area contributed by atoms with E-state index in [4.69, 9.17) is 22.1 Å². The van der Waals surface area contributed by atoms with Crippen LogP contribution in [0.4, 0.5) is 9.39 Å². The van der Waals surface area contributed by atoms with Gasteiger partial charge in [0.1, 0.15) is 16.6 Å². The van der Waals surface area contributed by atoms with Crippen LogP contribution in [0.2, 0.25) is 5.02 Å². The molecular weight excluding hydrogens is 239 g/mol. The first kappa shape index (κ1) is 10.2. The number of benzene rings is 1. The summed E-state index contributed by atoms with van der Waals surface area (Å²) in [4.78, 5) is 3.90. The van der Waals surface area contributed by atoms with E-state index in [9.17, 15) is 4.39 Å². The minimum Gasteiger partial charge on any atom is -0.431 e. The normalized spacial score (nSPS) is 10.3. The molecule has 0 fully saturated rings. The van der Waals surface area contributed by atoms with Crippen LogP contribution in [0.1, 0.15) is 0 Å². The average molecular weight is 245 g/mol. The number of anilines is 1. The summed E-state index contributed by atoms with van der Waals surface area (Å²) in [6, 6.07) is 4.09. The third kappa shape index (κ3) is 2.37. The van der Waals surface area contributed by atoms with E-state index >= 15 is 0 Å². The number of ether oxygens (including phenoxy) is 1. The number of aromatic nitrogens is 1. The Bertz CT molecular complexity index is 489. The van der Waals surface area contributed by atoms with Gasteiger partial charge in [0, 0.05) is 6.07 Å². The summed E-state index contributed by atoms with van der Waals surface area (Å²) in [7, 11) is 0. The van der Waals surface area contributed by atoms with E-state index in [0.29, 0.717) is 15.9 Å². The molecule has 0 aliphatic heterocycles. The van der Waals surface area contributed by atoms with Gasteiger partial charge in [0.05, 0.1) is 11.2 Å². The highest BCUT2D eigenvalue weighted by Crippen LogP contribution is 2.29. The molecule has 0 saturated heterocycles. The third-order valence-corrected chi connectivity index (χ3v) is 2.59. The molecule has 0 unspecified atom stereocenters. The SMILES string of the molecule is Nc1cnc(Oc2ccc(F)c(Cl)c2)s1. The second-order valence-electron chi connectivity index (χ2n) is 2.71. The van der Waals surface area contributed by atoms with E-state index in [1.807, 2.05) is 0 Å². The first-order valence-corrected chi connectivity index (χ1v) is 5.19. The zero-order valence-electron chi connectivity index (χ0n) is 7.41. The van der Waals surface area contributed by atoms with E-state index in [-0.39, 0.29) is 5.02 Å². The second kappa shape index (κ2) is 4.04. The monoisotopic (exact) mass is 244 g/mol. The van der Waals surface area contributed by atoms with Crippen LogP contribution in [0.15, 0.2) is 24.4 Å². The van der Waals surface area contributed by atoms with Gasteiger partial charge in [0.15, 0.2) is 0 Å². The Balaban J connectivity index is 2.21. The molecule has 0 atom stereocenters. The number of thiazole rings is 1. The van der Waals surface area contributed by atoms with E-state index in [1.165, 1.54) is 35.7 Å². The molecule has 2 rings (SSSR count). The molecular formula is C9H6ClFN2OS. The van der Waals surface area contributed by atoms with E-state index in [1.54, 1.807) is 0 Å². The first-order valence-electron chi connectivity index (χ1n) is 3.99. The van der Waals surface area contributed by atoms with Crippen molar-refractivity contribution in [2.75, 3.05) is 5.73 Å². The Hall–Kier alpha value is -1.33. The lowest BCUT2D eigenvalue weighted by atomic mass is 10.3. The highest BCUT2D eigenvalue weighted by molar-refractivity contribution is 7.17. The molecule has 0 aliphatic rings. The van der Waals surface area contributed by atoms with Crippen LogP contribution in [0.5, 0.6) is 10.9 Å². The summed E-state index contributed by atoms with van der Waals surface area (Å²) in [6.07, 6.45) is 1.49. The summed E-state index contributed by atoms with van der Waals surface area (Å²) in [5, 5.41) is 0.963. The maximum atomic E-state index is 12.8. The lowest BCUT2D eigenvalue weighted by Crippen LogP contribution is -1.84. The van der Waals surface area contributed by atoms with Crippen molar-refractivity contribution >= 4 is 27.9 Å². The molecule has 2 N–H and O–H groups in total. The van der Waals surface area contributed by atoms with Gasteiger partial charge in [0.2, 0.25) is 0 Å². The summed E-state index contributed by atoms with van der Waals surface area (Å²) in [6.45, 7) is 0. The summed E-state index contributed by atoms with van der Waals surface area (Å²) in [5.41, 5.74) is 5.48. The molecule has 1 aromatic carbocycles. The Morgan fingerprint density at radius 2 is 2.27 bits per heavy atom. The molecule has 0 aliphatic carbocycles. The largest absolute Gasteiger partial charge is 0.431 e. The van der Waals surface area contributed by atoms with Crippen molar-refractivity contribution in [2.24, 2.45) is 0 Å². The van der Waals surface area contributed by atoms with Gasteiger partial charge in [-0.25, -0.2) is 9.37 Å². The highest BCUT2D eigenvalue weighted by Gasteiger charge is 2.05. The van der Waals surface area contributed by atoms with Crippen molar-refractivity contribution in [1.29, 1.82) is 0 Å². The predicted molar refractivity (Wildman–Crippen MR) is 58.0 cm³/mol. The van der Waals surface area contributed by atoms with Crippen LogP contribution in [-0.2, 0) is 0 Å². The van der Waals surface area contributed by atoms with Crippen molar-refractivity contribution in [3.63, 3.8) is 0 Å². The second-order valence-corrected chi connectivity index (χ2v) is 4.14. The fourth-order valence-corrected chi connectivity index (χ4v) is 1.68. The van der Waals surface area contributed by atoms with E-state index < -0.39 is 5.82 Å². The molecule has 0 radical (unpaired) electrons. The van der Waals surface area contributed by atoms with Crippen LogP contribution < -0.4 is 10.5 Å². The Morgan fingerprint density at radius 1 is 1.47 bits per heavy atom. The number of nitrogen functional groups attached to an aromatic ring is 1. The van der Waals surface area contributed by atoms with Gasteiger partial charge in [0.25, 0.3) is 5.19 Å². The number of nitrogens with two attached hydrogens (primary N) is 1. The average Bonchev–Trinajstić information content (AvgIpc) is 2.58. The van der Waals surface area contributed by atoms with Gasteiger partial charge in [-0.05, 0) is 12.1 Å². The van der Waals surface area contributed by atoms with Crippen molar-refractivity contribution in [2.45, 2.75) is 0 Å². The molecule has 0 saturated carbocycles. The molecule has 0 spiro atoms. The Morgan fingerprint density at radius 3 is 2.87 bits per heavy atom. The van der Waals surface area contributed by atoms with Crippen LogP contribution in [-0.4, -0.2) is 4.98 Å². The maximum Gasteiger partial charge on any atom is 0.280 e. The lowest BCUT2D eigenvalue weighted by molar-refractivity contribution is 0.477. The van der Waals surface area contributed by atoms with Gasteiger partial charge >= 0.3 is 0 Å². The van der Waals surface area contributed by atoms with Crippen LogP contribution in [0.25, 0.3) is 0 Å². The molecule has 15 heavy (non-hydrogen) atoms. The zero-order valence-corrected chi connectivity index (χ0v) is 8.98. The maximum absolute atomic E-state index is 12.8. The van der Waals surface area contributed by atoms with E-state index in [2.05, 4.69) is 4.98 Å². The molecule has 6 heteroatoms. The van der Waals surface area contributed by atoms with Gasteiger partial charge < -0.3 is 10.5 Å². The molecule has 2 aromatic rings. The Kier molecular flexibility index (Phi) is 2.75. The molecule has 0 bridgehead atoms. The minimum absolute atomic E-state index is 0.0111. The number of hydrogen-bond acceptors (Lipinski definition) is 4. The lowest BCUT2D eigenvalue weighted by Gasteiger charge is -2.01. The van der Waals surface area contributed by atoms with Crippen LogP contribution >= 0.6 is 22.9 Å². The summed E-state index contributed by atoms with van der Waals surface area (Å²) < 4.78 is 18.1. The predicted octanol–water partition coefficient (Wildman–Crippen LogP) is 3.31. The van der Waals surface area contributed by atoms with Crippen molar-refractivity contribution in [3.05, 3.63) is 35.2 Å². The fourth-order valence-electron chi connectivity index (χ4n) is 0.958. The van der Waals surface area contributed by atoms with E-state index in [0.717, 1.165) is 0 Å². The highest BCUT2D eigenvalue weighted by atomic mass is 35.5. The number of nitrogens with zero attached hydrogens (tertiary/aromatic N) is 1. The van der Waals surface area contributed by atoms with Crippen molar-refractivity contribution < 1.29 is 9.13 Å². The Labute approximate surface area is 94.3 Å². The smallest absolute Gasteiger partial charge is 0.280 e. The zero-order chi connectivity index (χ0) is 10.8. The molecule has 1 aromatic heterocycles. The van der Waals surface area contributed by atoms with Gasteiger partial charge in [-0.3, -0.25) is 0 Å². The minimum atomic E-state index is -0.484. The topological polar surface area (TPSA) is 48.1 Å². The molecule has 78 valence electrons. The first-order chi connectivity index (χ1) is 7.15. The molecule has 3 nitrogen and oxygen atoms in total. The van der Waals surface area contributed by atoms with Gasteiger partial charge in [-0.15, -0.1) is 0 Å². The molecule has 0 amide bonds. The van der Waals surface area contributed by atoms with Crippen molar-refractivity contribution in [1.82, 2.24) is 4.98 Å². The summed E-state index contributed by atoms with van der Waals surface area (Å²) in [5.74, 6) is -0.0570. The number of rotatable bonds is 2. The number of hydrogen-bond donors (Lipinski definition) is 1. The van der Waals surface area contributed by atoms with Crippen LogP contribution in [0.3, 0.4) is 0 Å². The summed E-state index contributed by atoms with van der Waals surface area (Å²) >= 11 is 6.79. The quantitative estimate of drug-likeness (QED) is 0.882. The third-order valence-electron chi connectivity index (χ3n) is 1.60. The van der Waals surface area contributed by atoms with Crippen molar-refractivity contribution in [3.8, 4) is 10.9 Å². The van der Waals surface area contributed by atoms with Gasteiger partial charge in [-0.2, -0.15) is 0 Å².